The van der Waals surface area contributed by atoms with E-state index >= 15 is 0 Å². The lowest BCUT2D eigenvalue weighted by Crippen LogP contribution is -2.40. The van der Waals surface area contributed by atoms with Gasteiger partial charge in [-0.1, -0.05) is 67.6 Å². The molecule has 0 aliphatic carbocycles. The minimum atomic E-state index is -0.279. The zero-order chi connectivity index (χ0) is 17.6. The van der Waals surface area contributed by atoms with E-state index in [1.54, 1.807) is 10.8 Å². The highest BCUT2D eigenvalue weighted by atomic mass is 32.2. The summed E-state index contributed by atoms with van der Waals surface area (Å²) in [7, 11) is 0. The van der Waals surface area contributed by atoms with Crippen LogP contribution in [-0.2, 0) is 13.1 Å². The van der Waals surface area contributed by atoms with Gasteiger partial charge >= 0.3 is 5.69 Å². The zero-order valence-electron chi connectivity index (χ0n) is 14.1. The van der Waals surface area contributed by atoms with Crippen LogP contribution >= 0.6 is 11.8 Å². The monoisotopic (exact) mass is 352 g/mol. The molecule has 0 unspecified atom stereocenters. The van der Waals surface area contributed by atoms with Crippen LogP contribution in [0.15, 0.2) is 81.3 Å². The van der Waals surface area contributed by atoms with Gasteiger partial charge in [-0.25, -0.2) is 4.79 Å². The van der Waals surface area contributed by atoms with E-state index in [4.69, 9.17) is 0 Å². The molecule has 0 N–H and O–H groups in total. The summed E-state index contributed by atoms with van der Waals surface area (Å²) in [4.78, 5) is 26.2. The van der Waals surface area contributed by atoms with Crippen LogP contribution in [0.3, 0.4) is 0 Å². The van der Waals surface area contributed by atoms with Crippen LogP contribution in [0.4, 0.5) is 0 Å². The van der Waals surface area contributed by atoms with Crippen molar-refractivity contribution in [1.29, 1.82) is 0 Å². The first-order chi connectivity index (χ1) is 12.2. The van der Waals surface area contributed by atoms with E-state index in [9.17, 15) is 9.59 Å². The maximum absolute atomic E-state index is 12.9. The van der Waals surface area contributed by atoms with Crippen LogP contribution in [0.25, 0.3) is 0 Å². The molecule has 0 saturated carbocycles. The second-order valence-electron chi connectivity index (χ2n) is 5.70. The molecule has 0 saturated heterocycles. The molecule has 0 radical (unpaired) electrons. The maximum atomic E-state index is 12.9. The summed E-state index contributed by atoms with van der Waals surface area (Å²) < 4.78 is 2.95. The Morgan fingerprint density at radius 2 is 1.40 bits per heavy atom. The average molecular weight is 352 g/mol. The van der Waals surface area contributed by atoms with Gasteiger partial charge in [-0.2, -0.15) is 0 Å². The maximum Gasteiger partial charge on any atom is 0.331 e. The third-order valence-corrected chi connectivity index (χ3v) is 4.76. The van der Waals surface area contributed by atoms with Crippen molar-refractivity contribution in [3.8, 4) is 0 Å². The molecule has 1 aromatic heterocycles. The number of thioether (sulfide) groups is 1. The first-order valence-electron chi connectivity index (χ1n) is 8.24. The molecule has 1 heterocycles. The summed E-state index contributed by atoms with van der Waals surface area (Å²) in [5.41, 5.74) is 1.47. The molecular weight excluding hydrogens is 332 g/mol. The molecule has 5 heteroatoms. The van der Waals surface area contributed by atoms with E-state index in [1.165, 1.54) is 16.3 Å². The lowest BCUT2D eigenvalue weighted by molar-refractivity contribution is 0.594. The van der Waals surface area contributed by atoms with Crippen LogP contribution in [0.5, 0.6) is 0 Å². The Hall–Kier alpha value is -2.53. The lowest BCUT2D eigenvalue weighted by Gasteiger charge is -2.13. The van der Waals surface area contributed by atoms with Crippen LogP contribution < -0.4 is 11.2 Å². The van der Waals surface area contributed by atoms with Crippen molar-refractivity contribution < 1.29 is 0 Å². The molecule has 0 atom stereocenters. The van der Waals surface area contributed by atoms with Crippen molar-refractivity contribution in [3.63, 3.8) is 0 Å². The molecular formula is C20H20N2O2S. The van der Waals surface area contributed by atoms with Gasteiger partial charge in [0.25, 0.3) is 5.56 Å². The Morgan fingerprint density at radius 3 is 1.96 bits per heavy atom. The molecule has 4 nitrogen and oxygen atoms in total. The van der Waals surface area contributed by atoms with Gasteiger partial charge in [0, 0.05) is 6.20 Å². The van der Waals surface area contributed by atoms with Crippen molar-refractivity contribution in [2.75, 3.05) is 5.75 Å². The molecule has 2 aromatic carbocycles. The Morgan fingerprint density at radius 1 is 0.840 bits per heavy atom. The molecule has 0 bridgehead atoms. The number of aromatic nitrogens is 2. The van der Waals surface area contributed by atoms with Crippen LogP contribution in [0.2, 0.25) is 0 Å². The molecule has 25 heavy (non-hydrogen) atoms. The molecule has 3 aromatic rings. The minimum absolute atomic E-state index is 0.218. The molecule has 0 aliphatic rings. The van der Waals surface area contributed by atoms with Crippen molar-refractivity contribution in [3.05, 3.63) is 98.8 Å². The summed E-state index contributed by atoms with van der Waals surface area (Å²) in [5.74, 6) is 0.782. The van der Waals surface area contributed by atoms with Gasteiger partial charge < -0.3 is 0 Å². The summed E-state index contributed by atoms with van der Waals surface area (Å²) in [6.45, 7) is 2.73. The van der Waals surface area contributed by atoms with E-state index in [1.807, 2.05) is 67.6 Å². The lowest BCUT2D eigenvalue weighted by atomic mass is 10.2. The molecule has 0 aliphatic heterocycles. The van der Waals surface area contributed by atoms with Crippen LogP contribution in [-0.4, -0.2) is 14.9 Å². The Balaban J connectivity index is 2.06. The Bertz CT molecular complexity index is 947. The fourth-order valence-electron chi connectivity index (χ4n) is 2.68. The quantitative estimate of drug-likeness (QED) is 0.640. The van der Waals surface area contributed by atoms with E-state index in [2.05, 4.69) is 0 Å². The Labute approximate surface area is 150 Å². The van der Waals surface area contributed by atoms with Gasteiger partial charge in [0.05, 0.1) is 18.0 Å². The predicted octanol–water partition coefficient (Wildman–Crippen LogP) is 3.22. The number of hydrogen-bond donors (Lipinski definition) is 0. The number of hydrogen-bond acceptors (Lipinski definition) is 3. The Kier molecular flexibility index (Phi) is 5.56. The van der Waals surface area contributed by atoms with Gasteiger partial charge in [-0.3, -0.25) is 13.9 Å². The average Bonchev–Trinajstić information content (AvgIpc) is 2.64. The van der Waals surface area contributed by atoms with Crippen molar-refractivity contribution >= 4 is 11.8 Å². The third kappa shape index (κ3) is 4.12. The summed E-state index contributed by atoms with van der Waals surface area (Å²) in [6, 6.07) is 19.4. The zero-order valence-corrected chi connectivity index (χ0v) is 14.9. The fourth-order valence-corrected chi connectivity index (χ4v) is 3.43. The topological polar surface area (TPSA) is 44.0 Å². The van der Waals surface area contributed by atoms with Crippen molar-refractivity contribution in [2.24, 2.45) is 0 Å². The number of benzene rings is 2. The first-order valence-corrected chi connectivity index (χ1v) is 9.22. The third-order valence-electron chi connectivity index (χ3n) is 3.88. The molecule has 0 spiro atoms. The van der Waals surface area contributed by atoms with Crippen molar-refractivity contribution in [1.82, 2.24) is 9.13 Å². The smallest absolute Gasteiger partial charge is 0.295 e. The van der Waals surface area contributed by atoms with E-state index in [0.717, 1.165) is 16.9 Å². The highest BCUT2D eigenvalue weighted by Gasteiger charge is 2.12. The second-order valence-corrected chi connectivity index (χ2v) is 7.01. The SMILES string of the molecule is CCSc1cn(Cc2ccccc2)c(=O)n(Cc2ccccc2)c1=O. The fraction of sp³-hybridized carbons (Fsp3) is 0.200. The minimum Gasteiger partial charge on any atom is -0.295 e. The predicted molar refractivity (Wildman–Crippen MR) is 102 cm³/mol. The van der Waals surface area contributed by atoms with Crippen LogP contribution in [0.1, 0.15) is 18.1 Å². The second kappa shape index (κ2) is 8.03. The normalized spacial score (nSPS) is 10.8. The van der Waals surface area contributed by atoms with Gasteiger partial charge in [0.15, 0.2) is 0 Å². The van der Waals surface area contributed by atoms with Gasteiger partial charge in [-0.15, -0.1) is 11.8 Å². The molecule has 0 fully saturated rings. The van der Waals surface area contributed by atoms with Gasteiger partial charge in [-0.05, 0) is 16.9 Å². The van der Waals surface area contributed by atoms with Crippen LogP contribution in [0, 0.1) is 0 Å². The van der Waals surface area contributed by atoms with Gasteiger partial charge in [0.2, 0.25) is 0 Å². The van der Waals surface area contributed by atoms with E-state index in [0.29, 0.717) is 11.4 Å². The largest absolute Gasteiger partial charge is 0.331 e. The summed E-state index contributed by atoms with van der Waals surface area (Å²) in [5, 5.41) is 0. The highest BCUT2D eigenvalue weighted by molar-refractivity contribution is 7.99. The van der Waals surface area contributed by atoms with E-state index < -0.39 is 0 Å². The molecule has 128 valence electrons. The van der Waals surface area contributed by atoms with Crippen molar-refractivity contribution in [2.45, 2.75) is 24.9 Å². The molecule has 0 amide bonds. The highest BCUT2D eigenvalue weighted by Crippen LogP contribution is 2.12. The summed E-state index contributed by atoms with van der Waals surface area (Å²) in [6.07, 6.45) is 1.69. The number of rotatable bonds is 6. The molecule has 3 rings (SSSR count). The standard InChI is InChI=1S/C20H20N2O2S/c1-2-25-18-15-21(13-16-9-5-3-6-10-16)20(24)22(19(18)23)14-17-11-7-4-8-12-17/h3-12,15H,2,13-14H2,1H3. The summed E-state index contributed by atoms with van der Waals surface area (Å²) >= 11 is 1.47. The first kappa shape index (κ1) is 17.3. The van der Waals surface area contributed by atoms with E-state index in [-0.39, 0.29) is 17.8 Å². The number of nitrogens with zero attached hydrogens (tertiary/aromatic N) is 2. The van der Waals surface area contributed by atoms with Gasteiger partial charge in [0.1, 0.15) is 0 Å².